The number of fused-ring (bicyclic) bond motifs is 2. The van der Waals surface area contributed by atoms with Gasteiger partial charge in [0.2, 0.25) is 0 Å². The van der Waals surface area contributed by atoms with Gasteiger partial charge in [0.1, 0.15) is 11.5 Å². The first kappa shape index (κ1) is 14.2. The number of carbonyl (C=O) groups is 1. The lowest BCUT2D eigenvalue weighted by Gasteiger charge is -2.47. The molecule has 2 heterocycles. The highest BCUT2D eigenvalue weighted by Gasteiger charge is 2.36. The van der Waals surface area contributed by atoms with Crippen LogP contribution in [0.5, 0.6) is 11.5 Å². The Morgan fingerprint density at radius 1 is 1.24 bits per heavy atom. The van der Waals surface area contributed by atoms with Crippen molar-refractivity contribution in [3.63, 3.8) is 0 Å². The van der Waals surface area contributed by atoms with Crippen molar-refractivity contribution in [2.75, 3.05) is 7.05 Å². The molecule has 2 aliphatic rings. The lowest BCUT2D eigenvalue weighted by molar-refractivity contribution is 0.0462. The van der Waals surface area contributed by atoms with Gasteiger partial charge in [-0.25, -0.2) is 0 Å². The van der Waals surface area contributed by atoms with E-state index in [0.29, 0.717) is 12.1 Å². The van der Waals surface area contributed by atoms with Crippen LogP contribution in [0.2, 0.25) is 0 Å². The molecule has 0 spiro atoms. The van der Waals surface area contributed by atoms with Crippen LogP contribution >= 0.6 is 0 Å². The van der Waals surface area contributed by atoms with E-state index in [1.54, 1.807) is 0 Å². The van der Waals surface area contributed by atoms with Gasteiger partial charge in [-0.1, -0.05) is 6.42 Å². The normalized spacial score (nSPS) is 29.1. The maximum atomic E-state index is 12.3. The fourth-order valence-electron chi connectivity index (χ4n) is 3.71. The number of rotatable bonds is 2. The molecule has 1 aromatic carbocycles. The monoisotopic (exact) mass is 290 g/mol. The molecular formula is C16H22N2O3. The molecule has 21 heavy (non-hydrogen) atoms. The van der Waals surface area contributed by atoms with Gasteiger partial charge in [-0.15, -0.1) is 0 Å². The van der Waals surface area contributed by atoms with Crippen molar-refractivity contribution < 1.29 is 15.0 Å². The number of nitrogens with one attached hydrogen (secondary N) is 1. The van der Waals surface area contributed by atoms with Crippen LogP contribution in [0.4, 0.5) is 0 Å². The number of hydrogen-bond donors (Lipinski definition) is 3. The van der Waals surface area contributed by atoms with E-state index in [1.165, 1.54) is 37.5 Å². The summed E-state index contributed by atoms with van der Waals surface area (Å²) in [5.41, 5.74) is 0.219. The minimum Gasteiger partial charge on any atom is -0.508 e. The molecule has 0 aliphatic carbocycles. The molecule has 2 atom stereocenters. The summed E-state index contributed by atoms with van der Waals surface area (Å²) in [4.78, 5) is 14.7. The molecule has 3 rings (SSSR count). The zero-order valence-corrected chi connectivity index (χ0v) is 12.2. The fourth-order valence-corrected chi connectivity index (χ4v) is 3.71. The van der Waals surface area contributed by atoms with Gasteiger partial charge >= 0.3 is 0 Å². The third-order valence-corrected chi connectivity index (χ3v) is 4.90. The number of amides is 1. The van der Waals surface area contributed by atoms with E-state index in [2.05, 4.69) is 17.3 Å². The maximum absolute atomic E-state index is 12.3. The summed E-state index contributed by atoms with van der Waals surface area (Å²) in [6.45, 7) is 0. The second-order valence-electron chi connectivity index (χ2n) is 6.25. The Kier molecular flexibility index (Phi) is 3.76. The molecule has 1 aromatic rings. The predicted octanol–water partition coefficient (Wildman–Crippen LogP) is 1.84. The van der Waals surface area contributed by atoms with Gasteiger partial charge in [-0.05, 0) is 44.9 Å². The highest BCUT2D eigenvalue weighted by molar-refractivity contribution is 5.97. The molecule has 0 aromatic heterocycles. The summed E-state index contributed by atoms with van der Waals surface area (Å²) >= 11 is 0. The zero-order valence-electron chi connectivity index (χ0n) is 12.2. The Balaban J connectivity index is 1.68. The van der Waals surface area contributed by atoms with Crippen molar-refractivity contribution in [2.24, 2.45) is 0 Å². The number of aromatic hydroxyl groups is 2. The van der Waals surface area contributed by atoms with Crippen molar-refractivity contribution in [1.29, 1.82) is 0 Å². The van der Waals surface area contributed by atoms with Crippen molar-refractivity contribution in [3.8, 4) is 11.5 Å². The first-order valence-corrected chi connectivity index (χ1v) is 7.59. The largest absolute Gasteiger partial charge is 0.508 e. The summed E-state index contributed by atoms with van der Waals surface area (Å²) in [7, 11) is 2.18. The van der Waals surface area contributed by atoms with Crippen LogP contribution in [0.1, 0.15) is 42.5 Å². The number of benzene rings is 1. The molecule has 2 saturated heterocycles. The molecule has 2 bridgehead atoms. The van der Waals surface area contributed by atoms with Crippen LogP contribution in [0.3, 0.4) is 0 Å². The Morgan fingerprint density at radius 2 is 1.90 bits per heavy atom. The molecule has 2 fully saturated rings. The van der Waals surface area contributed by atoms with Crippen molar-refractivity contribution in [1.82, 2.24) is 10.2 Å². The Bertz CT molecular complexity index is 532. The molecule has 1 amide bonds. The second-order valence-corrected chi connectivity index (χ2v) is 6.25. The standard InChI is InChI=1S/C16H22N2O3/c1-18-11-3-2-4-12(18)8-10(7-11)17-16(21)14-6-5-13(19)9-15(14)20/h5-6,9-12,19-20H,2-4,7-8H2,1H3,(H,17,21). The molecule has 0 radical (unpaired) electrons. The van der Waals surface area contributed by atoms with Gasteiger partial charge < -0.3 is 20.4 Å². The molecule has 114 valence electrons. The maximum Gasteiger partial charge on any atom is 0.255 e. The van der Waals surface area contributed by atoms with Gasteiger partial charge in [0.15, 0.2) is 0 Å². The van der Waals surface area contributed by atoms with E-state index in [1.807, 2.05) is 0 Å². The number of piperidine rings is 2. The summed E-state index contributed by atoms with van der Waals surface area (Å²) in [6.07, 6.45) is 5.61. The van der Waals surface area contributed by atoms with Crippen LogP contribution in [0, 0.1) is 0 Å². The third kappa shape index (κ3) is 2.83. The first-order valence-electron chi connectivity index (χ1n) is 7.59. The second kappa shape index (κ2) is 5.56. The summed E-state index contributed by atoms with van der Waals surface area (Å²) in [5, 5.41) is 22.1. The molecule has 2 unspecified atom stereocenters. The third-order valence-electron chi connectivity index (χ3n) is 4.90. The molecule has 3 N–H and O–H groups in total. The molecule has 5 nitrogen and oxygen atoms in total. The van der Waals surface area contributed by atoms with Crippen molar-refractivity contribution in [2.45, 2.75) is 50.2 Å². The zero-order chi connectivity index (χ0) is 15.0. The number of phenols is 2. The highest BCUT2D eigenvalue weighted by atomic mass is 16.3. The van der Waals surface area contributed by atoms with Gasteiger partial charge in [0.05, 0.1) is 5.56 Å². The molecule has 0 saturated carbocycles. The van der Waals surface area contributed by atoms with Crippen LogP contribution in [-0.4, -0.2) is 46.2 Å². The Hall–Kier alpha value is -1.75. The SMILES string of the molecule is CN1C2CCCC1CC(NC(=O)c1ccc(O)cc1O)C2. The number of phenolic OH excluding ortho intramolecular Hbond substituents is 2. The predicted molar refractivity (Wildman–Crippen MR) is 79.4 cm³/mol. The smallest absolute Gasteiger partial charge is 0.255 e. The molecular weight excluding hydrogens is 268 g/mol. The topological polar surface area (TPSA) is 72.8 Å². The highest BCUT2D eigenvalue weighted by Crippen LogP contribution is 2.33. The lowest BCUT2D eigenvalue weighted by atomic mass is 9.82. The van der Waals surface area contributed by atoms with Crippen LogP contribution in [-0.2, 0) is 0 Å². The number of carbonyl (C=O) groups excluding carboxylic acids is 1. The van der Waals surface area contributed by atoms with Crippen molar-refractivity contribution >= 4 is 5.91 Å². The van der Waals surface area contributed by atoms with Crippen LogP contribution < -0.4 is 5.32 Å². The van der Waals surface area contributed by atoms with E-state index in [-0.39, 0.29) is 29.0 Å². The average Bonchev–Trinajstić information content (AvgIpc) is 2.39. The van der Waals surface area contributed by atoms with E-state index in [0.717, 1.165) is 12.8 Å². The lowest BCUT2D eigenvalue weighted by Crippen LogP contribution is -2.55. The Labute approximate surface area is 124 Å². The van der Waals surface area contributed by atoms with E-state index in [4.69, 9.17) is 0 Å². The fraction of sp³-hybridized carbons (Fsp3) is 0.562. The van der Waals surface area contributed by atoms with E-state index in [9.17, 15) is 15.0 Å². The quantitative estimate of drug-likeness (QED) is 0.777. The van der Waals surface area contributed by atoms with E-state index >= 15 is 0 Å². The number of nitrogens with zero attached hydrogens (tertiary/aromatic N) is 1. The first-order chi connectivity index (χ1) is 10.0. The van der Waals surface area contributed by atoms with Crippen molar-refractivity contribution in [3.05, 3.63) is 23.8 Å². The van der Waals surface area contributed by atoms with Crippen LogP contribution in [0.15, 0.2) is 18.2 Å². The van der Waals surface area contributed by atoms with Gasteiger partial charge in [-0.2, -0.15) is 0 Å². The summed E-state index contributed by atoms with van der Waals surface area (Å²) < 4.78 is 0. The minimum atomic E-state index is -0.264. The van der Waals surface area contributed by atoms with Gasteiger partial charge in [0, 0.05) is 24.2 Å². The minimum absolute atomic E-state index is 0.0436. The Morgan fingerprint density at radius 3 is 2.52 bits per heavy atom. The van der Waals surface area contributed by atoms with Gasteiger partial charge in [-0.3, -0.25) is 4.79 Å². The average molecular weight is 290 g/mol. The van der Waals surface area contributed by atoms with Gasteiger partial charge in [0.25, 0.3) is 5.91 Å². The molecule has 5 heteroatoms. The summed E-state index contributed by atoms with van der Waals surface area (Å²) in [5.74, 6) is -0.487. The number of hydrogen-bond acceptors (Lipinski definition) is 4. The molecule has 2 aliphatic heterocycles. The van der Waals surface area contributed by atoms with Crippen LogP contribution in [0.25, 0.3) is 0 Å². The summed E-state index contributed by atoms with van der Waals surface area (Å²) in [6, 6.07) is 5.33. The van der Waals surface area contributed by atoms with E-state index < -0.39 is 0 Å².